The normalized spacial score (nSPS) is 22.0. The molecule has 1 aromatic rings. The van der Waals surface area contributed by atoms with Gasteiger partial charge in [-0.3, -0.25) is 4.79 Å². The van der Waals surface area contributed by atoms with E-state index in [-0.39, 0.29) is 49.4 Å². The first-order valence-corrected chi connectivity index (χ1v) is 15.4. The number of benzene rings is 1. The van der Waals surface area contributed by atoms with Gasteiger partial charge in [0.2, 0.25) is 0 Å². The molecular weight excluding hydrogens is 549 g/mol. The van der Waals surface area contributed by atoms with Crippen molar-refractivity contribution in [1.82, 2.24) is 15.1 Å². The van der Waals surface area contributed by atoms with Gasteiger partial charge in [-0.1, -0.05) is 25.7 Å². The van der Waals surface area contributed by atoms with Crippen LogP contribution in [0.25, 0.3) is 0 Å². The molecule has 2 saturated carbocycles. The molecule has 0 atom stereocenters. The van der Waals surface area contributed by atoms with Crippen LogP contribution >= 0.6 is 24.8 Å². The van der Waals surface area contributed by atoms with E-state index in [1.165, 1.54) is 38.5 Å². The van der Waals surface area contributed by atoms with E-state index in [0.29, 0.717) is 29.4 Å². The van der Waals surface area contributed by atoms with Crippen molar-refractivity contribution in [2.45, 2.75) is 114 Å². The fraction of sp³-hybridized carbons (Fsp3) is 0.742. The minimum atomic E-state index is -0.309. The van der Waals surface area contributed by atoms with Crippen molar-refractivity contribution in [2.75, 3.05) is 32.8 Å². The summed E-state index contributed by atoms with van der Waals surface area (Å²) in [4.78, 5) is 31.1. The first kappa shape index (κ1) is 33.0. The Kier molecular flexibility index (Phi) is 13.8. The molecule has 0 unspecified atom stereocenters. The third-order valence-electron chi connectivity index (χ3n) is 9.23. The molecule has 4 fully saturated rings. The predicted molar refractivity (Wildman–Crippen MR) is 163 cm³/mol. The van der Waals surface area contributed by atoms with Crippen LogP contribution in [0.4, 0.5) is 0 Å². The Hall–Kier alpha value is -1.54. The number of hydrogen-bond acceptors (Lipinski definition) is 6. The molecule has 4 aliphatic rings. The van der Waals surface area contributed by atoms with Crippen LogP contribution < -0.4 is 10.1 Å². The molecule has 2 saturated heterocycles. The van der Waals surface area contributed by atoms with Crippen molar-refractivity contribution in [3.63, 3.8) is 0 Å². The number of hydrogen-bond donors (Lipinski definition) is 1. The van der Waals surface area contributed by atoms with Gasteiger partial charge in [0.25, 0.3) is 5.91 Å². The highest BCUT2D eigenvalue weighted by Gasteiger charge is 2.35. The Morgan fingerprint density at radius 1 is 0.775 bits per heavy atom. The lowest BCUT2D eigenvalue weighted by molar-refractivity contribution is -0.152. The van der Waals surface area contributed by atoms with E-state index < -0.39 is 0 Å². The lowest BCUT2D eigenvalue weighted by Gasteiger charge is -2.46. The Balaban J connectivity index is 0.00000220. The average Bonchev–Trinajstić information content (AvgIpc) is 2.98. The molecule has 2 aliphatic heterocycles. The molecule has 0 aromatic heterocycles. The number of carbonyl (C=O) groups excluding carboxylic acids is 2. The van der Waals surface area contributed by atoms with E-state index in [0.717, 1.165) is 77.5 Å². The quantitative estimate of drug-likeness (QED) is 0.383. The van der Waals surface area contributed by atoms with Crippen LogP contribution in [-0.2, 0) is 9.53 Å². The average molecular weight is 599 g/mol. The van der Waals surface area contributed by atoms with Gasteiger partial charge in [0, 0.05) is 36.8 Å². The number of rotatable bonds is 8. The van der Waals surface area contributed by atoms with Gasteiger partial charge in [0.1, 0.15) is 11.9 Å². The second-order valence-corrected chi connectivity index (χ2v) is 11.8. The molecule has 40 heavy (non-hydrogen) atoms. The molecule has 226 valence electrons. The standard InChI is InChI=1S/C31H47N3O4.2ClH/c35-30(38-29-9-5-2-6-10-29)23-37-28-13-11-24(12-14-28)31(36)34(26-7-3-1-4-8-26)27-17-21-33(22-18-27)25-15-19-32-20-16-25;;/h11-14,25-27,29,32H,1-10,15-23H2;2*1H. The molecule has 1 aromatic carbocycles. The summed E-state index contributed by atoms with van der Waals surface area (Å²) in [6.07, 6.45) is 16.0. The van der Waals surface area contributed by atoms with Crippen molar-refractivity contribution in [3.8, 4) is 5.75 Å². The van der Waals surface area contributed by atoms with Crippen molar-refractivity contribution in [1.29, 1.82) is 0 Å². The third-order valence-corrected chi connectivity index (χ3v) is 9.23. The van der Waals surface area contributed by atoms with E-state index in [1.807, 2.05) is 24.3 Å². The molecule has 5 rings (SSSR count). The maximum atomic E-state index is 13.9. The van der Waals surface area contributed by atoms with Gasteiger partial charge in [-0.15, -0.1) is 24.8 Å². The Morgan fingerprint density at radius 3 is 1.98 bits per heavy atom. The van der Waals surface area contributed by atoms with Crippen LogP contribution in [0, 0.1) is 0 Å². The predicted octanol–water partition coefficient (Wildman–Crippen LogP) is 5.78. The molecule has 0 spiro atoms. The smallest absolute Gasteiger partial charge is 0.344 e. The van der Waals surface area contributed by atoms with Crippen LogP contribution in [0.15, 0.2) is 24.3 Å². The fourth-order valence-electron chi connectivity index (χ4n) is 7.08. The topological polar surface area (TPSA) is 71.1 Å². The lowest BCUT2D eigenvalue weighted by Crippen LogP contribution is -2.54. The zero-order valence-corrected chi connectivity index (χ0v) is 25.5. The van der Waals surface area contributed by atoms with Crippen molar-refractivity contribution >= 4 is 36.7 Å². The van der Waals surface area contributed by atoms with Gasteiger partial charge in [0.15, 0.2) is 6.61 Å². The summed E-state index contributed by atoms with van der Waals surface area (Å²) in [7, 11) is 0. The van der Waals surface area contributed by atoms with Gasteiger partial charge >= 0.3 is 5.97 Å². The van der Waals surface area contributed by atoms with Crippen LogP contribution in [0.3, 0.4) is 0 Å². The largest absolute Gasteiger partial charge is 0.482 e. The molecular formula is C31H49Cl2N3O4. The van der Waals surface area contributed by atoms with Crippen molar-refractivity contribution in [3.05, 3.63) is 29.8 Å². The SMILES string of the molecule is Cl.Cl.O=C(COc1ccc(C(=O)N(C2CCCCC2)C2CCN(C3CCNCC3)CC2)cc1)OC1CCCCC1. The molecule has 7 nitrogen and oxygen atoms in total. The third kappa shape index (κ3) is 8.98. The van der Waals surface area contributed by atoms with Gasteiger partial charge in [-0.2, -0.15) is 0 Å². The number of amides is 1. The van der Waals surface area contributed by atoms with E-state index >= 15 is 0 Å². The zero-order valence-electron chi connectivity index (χ0n) is 23.9. The summed E-state index contributed by atoms with van der Waals surface area (Å²) < 4.78 is 11.3. The summed E-state index contributed by atoms with van der Waals surface area (Å²) in [5, 5.41) is 3.48. The maximum Gasteiger partial charge on any atom is 0.344 e. The molecule has 0 bridgehead atoms. The fourth-order valence-corrected chi connectivity index (χ4v) is 7.08. The molecule has 2 aliphatic carbocycles. The van der Waals surface area contributed by atoms with Crippen LogP contribution in [0.2, 0.25) is 0 Å². The summed E-state index contributed by atoms with van der Waals surface area (Å²) >= 11 is 0. The number of ether oxygens (including phenoxy) is 2. The van der Waals surface area contributed by atoms with Gasteiger partial charge < -0.3 is 24.6 Å². The van der Waals surface area contributed by atoms with Crippen LogP contribution in [0.1, 0.15) is 100 Å². The minimum absolute atomic E-state index is 0. The summed E-state index contributed by atoms with van der Waals surface area (Å²) in [6, 6.07) is 8.73. The molecule has 9 heteroatoms. The second-order valence-electron chi connectivity index (χ2n) is 11.8. The van der Waals surface area contributed by atoms with Gasteiger partial charge in [-0.05, 0) is 102 Å². The highest BCUT2D eigenvalue weighted by molar-refractivity contribution is 5.94. The van der Waals surface area contributed by atoms with Crippen LogP contribution in [0.5, 0.6) is 5.75 Å². The number of carbonyl (C=O) groups is 2. The van der Waals surface area contributed by atoms with Crippen molar-refractivity contribution in [2.24, 2.45) is 0 Å². The number of esters is 1. The number of nitrogens with one attached hydrogen (secondary N) is 1. The number of likely N-dealkylation sites (tertiary alicyclic amines) is 1. The van der Waals surface area contributed by atoms with E-state index in [9.17, 15) is 9.59 Å². The van der Waals surface area contributed by atoms with Crippen molar-refractivity contribution < 1.29 is 19.1 Å². The Labute approximate surface area is 252 Å². The summed E-state index contributed by atoms with van der Waals surface area (Å²) in [5.41, 5.74) is 0.716. The summed E-state index contributed by atoms with van der Waals surface area (Å²) in [5.74, 6) is 0.443. The maximum absolute atomic E-state index is 13.9. The molecule has 1 amide bonds. The van der Waals surface area contributed by atoms with Gasteiger partial charge in [0.05, 0.1) is 0 Å². The van der Waals surface area contributed by atoms with E-state index in [2.05, 4.69) is 15.1 Å². The number of piperidine rings is 2. The second kappa shape index (κ2) is 16.8. The minimum Gasteiger partial charge on any atom is -0.482 e. The van der Waals surface area contributed by atoms with Gasteiger partial charge in [-0.25, -0.2) is 4.79 Å². The lowest BCUT2D eigenvalue weighted by atomic mass is 9.90. The first-order chi connectivity index (χ1) is 18.7. The van der Waals surface area contributed by atoms with E-state index in [1.54, 1.807) is 0 Å². The highest BCUT2D eigenvalue weighted by atomic mass is 35.5. The zero-order chi connectivity index (χ0) is 26.2. The number of halogens is 2. The molecule has 2 heterocycles. The number of nitrogens with zero attached hydrogens (tertiary/aromatic N) is 2. The Morgan fingerprint density at radius 2 is 1.35 bits per heavy atom. The molecule has 1 N–H and O–H groups in total. The Bertz CT molecular complexity index is 892. The monoisotopic (exact) mass is 597 g/mol. The van der Waals surface area contributed by atoms with E-state index in [4.69, 9.17) is 9.47 Å². The summed E-state index contributed by atoms with van der Waals surface area (Å²) in [6.45, 7) is 4.34. The highest BCUT2D eigenvalue weighted by Crippen LogP contribution is 2.31. The first-order valence-electron chi connectivity index (χ1n) is 15.4. The van der Waals surface area contributed by atoms with Crippen LogP contribution in [-0.4, -0.2) is 78.7 Å². The molecule has 0 radical (unpaired) electrons.